The van der Waals surface area contributed by atoms with Crippen molar-refractivity contribution >= 4 is 29.4 Å². The summed E-state index contributed by atoms with van der Waals surface area (Å²) in [6.45, 7) is 2.11. The molecule has 9 heteroatoms. The minimum absolute atomic E-state index is 0.163. The third-order valence-electron chi connectivity index (χ3n) is 7.40. The molecule has 2 aromatic heterocycles. The normalized spacial score (nSPS) is 14.6. The van der Waals surface area contributed by atoms with E-state index in [0.717, 1.165) is 45.1 Å². The van der Waals surface area contributed by atoms with Crippen LogP contribution in [-0.2, 0) is 16.1 Å². The summed E-state index contributed by atoms with van der Waals surface area (Å²) in [6, 6.07) is 31.3. The van der Waals surface area contributed by atoms with Crippen LogP contribution in [0.15, 0.2) is 103 Å². The Morgan fingerprint density at radius 1 is 0.977 bits per heavy atom. The van der Waals surface area contributed by atoms with Crippen LogP contribution in [0, 0.1) is 6.92 Å². The molecule has 0 aliphatic carbocycles. The van der Waals surface area contributed by atoms with Crippen LogP contribution < -0.4 is 15.0 Å². The van der Waals surface area contributed by atoms with Crippen molar-refractivity contribution in [3.8, 4) is 22.7 Å². The first-order chi connectivity index (χ1) is 21.0. The number of fused-ring (bicyclic) bond motifs is 1. The highest BCUT2D eigenvalue weighted by Gasteiger charge is 2.38. The van der Waals surface area contributed by atoms with Crippen LogP contribution in [0.25, 0.3) is 16.9 Å². The number of aromatic nitrogens is 3. The fraction of sp³-hybridized carbons (Fsp3) is 0.176. The Morgan fingerprint density at radius 2 is 1.72 bits per heavy atom. The number of anilines is 1. The van der Waals surface area contributed by atoms with Crippen LogP contribution in [0.5, 0.6) is 5.75 Å². The first-order valence-electron chi connectivity index (χ1n) is 14.0. The van der Waals surface area contributed by atoms with Gasteiger partial charge < -0.3 is 10.1 Å². The Kier molecular flexibility index (Phi) is 8.24. The van der Waals surface area contributed by atoms with Crippen LogP contribution >= 0.6 is 11.8 Å². The molecular formula is C34H31N5O3S. The van der Waals surface area contributed by atoms with Gasteiger partial charge in [-0.15, -0.1) is 11.8 Å². The maximum Gasteiger partial charge on any atom is 0.240 e. The molecule has 6 rings (SSSR count). The molecule has 43 heavy (non-hydrogen) atoms. The number of aryl methyl sites for hydroxylation is 1. The van der Waals surface area contributed by atoms with E-state index in [1.807, 2.05) is 109 Å². The summed E-state index contributed by atoms with van der Waals surface area (Å²) in [4.78, 5) is 33.3. The van der Waals surface area contributed by atoms with Gasteiger partial charge in [0.15, 0.2) is 0 Å². The number of hydrogen-bond acceptors (Lipinski definition) is 6. The molecular weight excluding hydrogens is 558 g/mol. The molecule has 5 aromatic rings. The highest BCUT2D eigenvalue weighted by Crippen LogP contribution is 2.50. The molecule has 1 unspecified atom stereocenters. The lowest BCUT2D eigenvalue weighted by molar-refractivity contribution is -0.123. The molecule has 216 valence electrons. The molecule has 2 amide bonds. The van der Waals surface area contributed by atoms with Crippen LogP contribution in [0.3, 0.4) is 0 Å². The molecule has 3 aromatic carbocycles. The Hall–Kier alpha value is -4.89. The quantitative estimate of drug-likeness (QED) is 0.249. The lowest BCUT2D eigenvalue weighted by Crippen LogP contribution is -2.42. The molecule has 0 spiro atoms. The minimum Gasteiger partial charge on any atom is -0.496 e. The summed E-state index contributed by atoms with van der Waals surface area (Å²) in [5.41, 5.74) is 6.01. The van der Waals surface area contributed by atoms with E-state index in [1.54, 1.807) is 18.2 Å². The average molecular weight is 590 g/mol. The van der Waals surface area contributed by atoms with Gasteiger partial charge in [0, 0.05) is 22.9 Å². The Balaban J connectivity index is 1.55. The second kappa shape index (κ2) is 12.5. The van der Waals surface area contributed by atoms with Crippen molar-refractivity contribution in [3.05, 3.63) is 126 Å². The van der Waals surface area contributed by atoms with Gasteiger partial charge in [-0.1, -0.05) is 72.8 Å². The number of amides is 2. The standard InChI is InChI=1S/C34H31N5O3S/c1-23-12-6-8-17-27(23)39-34-31(32(37-39)24-13-4-3-5-14-24)33(26-16-7-9-18-28(26)42-2)43-22-30(41)38(34)21-29(40)36-20-25-15-10-11-19-35-25/h3-19,33H,20-22H2,1-2H3,(H,36,40). The maximum absolute atomic E-state index is 14.0. The molecule has 0 saturated heterocycles. The van der Waals surface area contributed by atoms with Crippen molar-refractivity contribution < 1.29 is 14.3 Å². The molecule has 0 fully saturated rings. The minimum atomic E-state index is -0.288. The second-order valence-corrected chi connectivity index (χ2v) is 11.3. The molecule has 0 radical (unpaired) electrons. The number of ether oxygens (including phenoxy) is 1. The second-order valence-electron chi connectivity index (χ2n) is 10.2. The van der Waals surface area contributed by atoms with Gasteiger partial charge in [-0.25, -0.2) is 4.68 Å². The van der Waals surface area contributed by atoms with E-state index < -0.39 is 0 Å². The van der Waals surface area contributed by atoms with Gasteiger partial charge in [0.25, 0.3) is 0 Å². The average Bonchev–Trinajstić information content (AvgIpc) is 3.37. The number of para-hydroxylation sites is 2. The molecule has 1 aliphatic heterocycles. The zero-order valence-electron chi connectivity index (χ0n) is 23.9. The molecule has 0 saturated carbocycles. The van der Waals surface area contributed by atoms with E-state index in [2.05, 4.69) is 10.3 Å². The summed E-state index contributed by atoms with van der Waals surface area (Å²) < 4.78 is 7.62. The lowest BCUT2D eigenvalue weighted by atomic mass is 9.99. The van der Waals surface area contributed by atoms with Crippen LogP contribution in [-0.4, -0.2) is 46.0 Å². The Morgan fingerprint density at radius 3 is 2.49 bits per heavy atom. The molecule has 8 nitrogen and oxygen atoms in total. The number of carbonyl (C=O) groups is 2. The third-order valence-corrected chi connectivity index (χ3v) is 8.63. The number of pyridine rings is 1. The predicted octanol–water partition coefficient (Wildman–Crippen LogP) is 5.74. The highest BCUT2D eigenvalue weighted by atomic mass is 32.2. The van der Waals surface area contributed by atoms with Gasteiger partial charge >= 0.3 is 0 Å². The summed E-state index contributed by atoms with van der Waals surface area (Å²) >= 11 is 1.51. The van der Waals surface area contributed by atoms with E-state index in [9.17, 15) is 9.59 Å². The summed E-state index contributed by atoms with van der Waals surface area (Å²) in [6.07, 6.45) is 1.69. The van der Waals surface area contributed by atoms with Gasteiger partial charge in [-0.05, 0) is 36.8 Å². The predicted molar refractivity (Wildman–Crippen MR) is 169 cm³/mol. The van der Waals surface area contributed by atoms with Crippen LogP contribution in [0.1, 0.15) is 27.6 Å². The SMILES string of the molecule is COc1ccccc1C1SCC(=O)N(CC(=O)NCc2ccccn2)c2c1c(-c1ccccc1)nn2-c1ccccc1C. The van der Waals surface area contributed by atoms with Gasteiger partial charge in [0.05, 0.1) is 41.7 Å². The van der Waals surface area contributed by atoms with Gasteiger partial charge in [-0.2, -0.15) is 5.10 Å². The number of benzene rings is 3. The van der Waals surface area contributed by atoms with E-state index in [-0.39, 0.29) is 35.9 Å². The number of hydrogen-bond donors (Lipinski definition) is 1. The maximum atomic E-state index is 14.0. The summed E-state index contributed by atoms with van der Waals surface area (Å²) in [7, 11) is 1.65. The smallest absolute Gasteiger partial charge is 0.240 e. The van der Waals surface area contributed by atoms with Crippen molar-refractivity contribution in [1.82, 2.24) is 20.1 Å². The largest absolute Gasteiger partial charge is 0.496 e. The Bertz CT molecular complexity index is 1760. The van der Waals surface area contributed by atoms with Crippen molar-refractivity contribution in [2.75, 3.05) is 24.3 Å². The summed E-state index contributed by atoms with van der Waals surface area (Å²) in [5.74, 6) is 1.01. The van der Waals surface area contributed by atoms with E-state index in [1.165, 1.54) is 11.8 Å². The number of thioether (sulfide) groups is 1. The molecule has 0 bridgehead atoms. The van der Waals surface area contributed by atoms with Crippen LogP contribution in [0.2, 0.25) is 0 Å². The topological polar surface area (TPSA) is 89.3 Å². The number of nitrogens with one attached hydrogen (secondary N) is 1. The first kappa shape index (κ1) is 28.2. The van der Waals surface area contributed by atoms with Crippen molar-refractivity contribution in [3.63, 3.8) is 0 Å². The molecule has 1 aliphatic rings. The molecule has 1 atom stereocenters. The van der Waals surface area contributed by atoms with Crippen molar-refractivity contribution in [1.29, 1.82) is 0 Å². The zero-order chi connectivity index (χ0) is 29.8. The van der Waals surface area contributed by atoms with E-state index >= 15 is 0 Å². The van der Waals surface area contributed by atoms with Gasteiger partial charge in [0.2, 0.25) is 11.8 Å². The lowest BCUT2D eigenvalue weighted by Gasteiger charge is -2.24. The zero-order valence-corrected chi connectivity index (χ0v) is 24.8. The van der Waals surface area contributed by atoms with Crippen molar-refractivity contribution in [2.24, 2.45) is 0 Å². The molecule has 1 N–H and O–H groups in total. The van der Waals surface area contributed by atoms with Crippen molar-refractivity contribution in [2.45, 2.75) is 18.7 Å². The molecule has 3 heterocycles. The Labute approximate surface area is 254 Å². The van der Waals surface area contributed by atoms with Gasteiger partial charge in [0.1, 0.15) is 18.1 Å². The fourth-order valence-corrected chi connectivity index (χ4v) is 6.54. The summed E-state index contributed by atoms with van der Waals surface area (Å²) in [5, 5.41) is 7.83. The number of carbonyl (C=O) groups excluding carboxylic acids is 2. The van der Waals surface area contributed by atoms with E-state index in [4.69, 9.17) is 9.84 Å². The highest BCUT2D eigenvalue weighted by molar-refractivity contribution is 8.00. The number of rotatable bonds is 8. The monoisotopic (exact) mass is 589 g/mol. The first-order valence-corrected chi connectivity index (χ1v) is 15.1. The van der Waals surface area contributed by atoms with E-state index in [0.29, 0.717) is 5.82 Å². The van der Waals surface area contributed by atoms with Gasteiger partial charge in [-0.3, -0.25) is 19.5 Å². The van der Waals surface area contributed by atoms with Crippen LogP contribution in [0.4, 0.5) is 5.82 Å². The third kappa shape index (κ3) is 5.76. The fourth-order valence-electron chi connectivity index (χ4n) is 5.32. The number of nitrogens with zero attached hydrogens (tertiary/aromatic N) is 4. The number of methoxy groups -OCH3 is 1.